The van der Waals surface area contributed by atoms with E-state index in [4.69, 9.17) is 0 Å². The summed E-state index contributed by atoms with van der Waals surface area (Å²) in [6, 6.07) is 7.14. The van der Waals surface area contributed by atoms with E-state index in [0.29, 0.717) is 39.3 Å². The van der Waals surface area contributed by atoms with E-state index < -0.39 is 46.7 Å². The number of piperazine rings is 2. The minimum absolute atomic E-state index is 0.0563. The van der Waals surface area contributed by atoms with Gasteiger partial charge in [-0.1, -0.05) is 26.0 Å². The highest BCUT2D eigenvalue weighted by Crippen LogP contribution is 2.30. The highest BCUT2D eigenvalue weighted by atomic mass is 19.4. The molecule has 238 valence electrons. The van der Waals surface area contributed by atoms with Crippen molar-refractivity contribution in [2.75, 3.05) is 75.2 Å². The summed E-state index contributed by atoms with van der Waals surface area (Å²) in [5.41, 5.74) is -1.72. The van der Waals surface area contributed by atoms with Crippen LogP contribution in [0.4, 0.5) is 46.5 Å². The first kappa shape index (κ1) is 34.2. The summed E-state index contributed by atoms with van der Waals surface area (Å²) >= 11 is 0. The molecule has 0 amide bonds. The van der Waals surface area contributed by atoms with Crippen molar-refractivity contribution < 1.29 is 44.7 Å². The van der Waals surface area contributed by atoms with Gasteiger partial charge < -0.3 is 14.7 Å². The van der Waals surface area contributed by atoms with E-state index in [9.17, 15) is 44.7 Å². The summed E-state index contributed by atoms with van der Waals surface area (Å²) < 4.78 is 103. The van der Waals surface area contributed by atoms with Gasteiger partial charge >= 0.3 is 12.4 Å². The molecule has 2 fully saturated rings. The van der Waals surface area contributed by atoms with E-state index in [1.807, 2.05) is 6.92 Å². The first-order valence-corrected chi connectivity index (χ1v) is 13.9. The largest absolute Gasteiger partial charge is 0.454 e. The van der Waals surface area contributed by atoms with Gasteiger partial charge in [0.15, 0.2) is 11.6 Å². The average molecular weight is 623 g/mol. The fourth-order valence-electron chi connectivity index (χ4n) is 5.02. The van der Waals surface area contributed by atoms with Gasteiger partial charge in [-0.05, 0) is 43.8 Å². The third kappa shape index (κ3) is 8.65. The molecular weight excluding hydrogens is 588 g/mol. The van der Waals surface area contributed by atoms with Crippen LogP contribution in [0, 0.1) is 11.6 Å². The molecule has 6 nitrogen and oxygen atoms in total. The van der Waals surface area contributed by atoms with Crippen LogP contribution in [-0.4, -0.2) is 99.2 Å². The molecule has 2 saturated heterocycles. The number of anilines is 2. The lowest BCUT2D eigenvalue weighted by Crippen LogP contribution is -2.47. The number of rotatable bonds is 7. The molecule has 0 N–H and O–H groups in total. The van der Waals surface area contributed by atoms with E-state index in [0.717, 1.165) is 44.7 Å². The fourth-order valence-corrected chi connectivity index (χ4v) is 5.02. The maximum Gasteiger partial charge on any atom is 0.454 e. The SMILES string of the molecule is CCCN1CCN(c2cccc(C(=O)C(F)(F)F)c2F)CC1.CCN1CCN(c2cccc(C(=O)C(F)(F)F)c2F)CC1. The molecule has 0 saturated carbocycles. The van der Waals surface area contributed by atoms with Crippen LogP contribution in [0.15, 0.2) is 36.4 Å². The zero-order valence-electron chi connectivity index (χ0n) is 23.9. The Hall–Kier alpha value is -3.26. The highest BCUT2D eigenvalue weighted by molar-refractivity contribution is 6.01. The topological polar surface area (TPSA) is 47.1 Å². The van der Waals surface area contributed by atoms with Gasteiger partial charge in [-0.15, -0.1) is 0 Å². The zero-order valence-corrected chi connectivity index (χ0v) is 23.9. The third-order valence-electron chi connectivity index (χ3n) is 7.37. The number of carbonyl (C=O) groups is 2. The maximum atomic E-state index is 14.3. The number of alkyl halides is 6. The van der Waals surface area contributed by atoms with E-state index in [-0.39, 0.29) is 11.4 Å². The lowest BCUT2D eigenvalue weighted by Gasteiger charge is -2.36. The monoisotopic (exact) mass is 622 g/mol. The highest BCUT2D eigenvalue weighted by Gasteiger charge is 2.42. The Kier molecular flexibility index (Phi) is 11.5. The Morgan fingerprint density at radius 3 is 1.33 bits per heavy atom. The number of Topliss-reactive ketones (excluding diaryl/α,β-unsaturated/α-hetero) is 2. The second-order valence-electron chi connectivity index (χ2n) is 10.2. The summed E-state index contributed by atoms with van der Waals surface area (Å²) in [6.07, 6.45) is -9.12. The molecule has 0 spiro atoms. The van der Waals surface area contributed by atoms with E-state index in [2.05, 4.69) is 16.7 Å². The van der Waals surface area contributed by atoms with Crippen LogP contribution in [0.3, 0.4) is 0 Å². The van der Waals surface area contributed by atoms with Gasteiger partial charge in [-0.2, -0.15) is 26.3 Å². The molecule has 0 radical (unpaired) electrons. The molecule has 0 aliphatic carbocycles. The summed E-state index contributed by atoms with van der Waals surface area (Å²) in [4.78, 5) is 30.2. The van der Waals surface area contributed by atoms with Crippen molar-refractivity contribution in [2.24, 2.45) is 0 Å². The van der Waals surface area contributed by atoms with Crippen molar-refractivity contribution in [1.82, 2.24) is 9.80 Å². The Balaban J connectivity index is 0.000000236. The van der Waals surface area contributed by atoms with Crippen LogP contribution in [-0.2, 0) is 0 Å². The quantitative estimate of drug-likeness (QED) is 0.287. The molecular formula is C29H34F8N4O2. The molecule has 2 heterocycles. The number of hydrogen-bond donors (Lipinski definition) is 0. The molecule has 43 heavy (non-hydrogen) atoms. The first-order chi connectivity index (χ1) is 20.2. The number of halogens is 8. The van der Waals surface area contributed by atoms with Gasteiger partial charge in [-0.3, -0.25) is 14.5 Å². The fraction of sp³-hybridized carbons (Fsp3) is 0.517. The van der Waals surface area contributed by atoms with Crippen LogP contribution in [0.5, 0.6) is 0 Å². The van der Waals surface area contributed by atoms with Crippen molar-refractivity contribution in [3.8, 4) is 0 Å². The minimum atomic E-state index is -5.07. The van der Waals surface area contributed by atoms with E-state index in [1.165, 1.54) is 24.3 Å². The molecule has 2 aliphatic rings. The normalized spacial score (nSPS) is 17.0. The molecule has 2 aromatic rings. The van der Waals surface area contributed by atoms with Crippen molar-refractivity contribution in [2.45, 2.75) is 32.6 Å². The number of ketones is 2. The van der Waals surface area contributed by atoms with Gasteiger partial charge in [-0.25, -0.2) is 8.78 Å². The predicted molar refractivity (Wildman–Crippen MR) is 147 cm³/mol. The van der Waals surface area contributed by atoms with Gasteiger partial charge in [0.25, 0.3) is 11.6 Å². The molecule has 0 atom stereocenters. The minimum Gasteiger partial charge on any atom is -0.367 e. The van der Waals surface area contributed by atoms with Crippen LogP contribution in [0.2, 0.25) is 0 Å². The zero-order chi connectivity index (χ0) is 31.9. The number of likely N-dealkylation sites (N-methyl/N-ethyl adjacent to an activating group) is 1. The molecule has 14 heteroatoms. The number of nitrogens with zero attached hydrogens (tertiary/aromatic N) is 4. The van der Waals surface area contributed by atoms with Gasteiger partial charge in [0, 0.05) is 52.4 Å². The maximum absolute atomic E-state index is 14.3. The van der Waals surface area contributed by atoms with Crippen molar-refractivity contribution in [1.29, 1.82) is 0 Å². The first-order valence-electron chi connectivity index (χ1n) is 13.9. The lowest BCUT2D eigenvalue weighted by molar-refractivity contribution is -0.0890. The average Bonchev–Trinajstić information content (AvgIpc) is 2.97. The Labute approximate surface area is 244 Å². The predicted octanol–water partition coefficient (Wildman–Crippen LogP) is 5.82. The summed E-state index contributed by atoms with van der Waals surface area (Å²) in [5, 5.41) is 0. The summed E-state index contributed by atoms with van der Waals surface area (Å²) in [5.74, 6) is -6.47. The van der Waals surface area contributed by atoms with E-state index in [1.54, 1.807) is 9.80 Å². The third-order valence-corrected chi connectivity index (χ3v) is 7.37. The molecule has 2 aromatic carbocycles. The van der Waals surface area contributed by atoms with Crippen LogP contribution in [0.25, 0.3) is 0 Å². The lowest BCUT2D eigenvalue weighted by atomic mass is 10.1. The number of benzene rings is 2. The van der Waals surface area contributed by atoms with Crippen LogP contribution >= 0.6 is 0 Å². The van der Waals surface area contributed by atoms with Gasteiger partial charge in [0.1, 0.15) is 0 Å². The van der Waals surface area contributed by atoms with E-state index >= 15 is 0 Å². The smallest absolute Gasteiger partial charge is 0.367 e. The molecule has 0 aromatic heterocycles. The number of carbonyl (C=O) groups excluding carboxylic acids is 2. The molecule has 0 unspecified atom stereocenters. The molecule has 0 bridgehead atoms. The van der Waals surface area contributed by atoms with Gasteiger partial charge in [0.05, 0.1) is 22.5 Å². The van der Waals surface area contributed by atoms with Crippen molar-refractivity contribution in [3.05, 3.63) is 59.2 Å². The van der Waals surface area contributed by atoms with Crippen LogP contribution < -0.4 is 9.80 Å². The second kappa shape index (κ2) is 14.5. The Morgan fingerprint density at radius 2 is 1.00 bits per heavy atom. The van der Waals surface area contributed by atoms with Crippen LogP contribution in [0.1, 0.15) is 41.0 Å². The second-order valence-corrected chi connectivity index (χ2v) is 10.2. The standard InChI is InChI=1S/C15H18F4N2O.C14H16F4N2O/c1-2-6-20-7-9-21(10-8-20)12-5-3-4-11(13(12)16)14(22)15(17,18)19;1-2-19-6-8-20(9-7-19)11-5-3-4-10(12(11)15)13(21)14(16,17)18/h3-5H,2,6-10H2,1H3;3-5H,2,6-9H2,1H3. The summed E-state index contributed by atoms with van der Waals surface area (Å²) in [6.45, 7) is 10.9. The molecule has 2 aliphatic heterocycles. The Morgan fingerprint density at radius 1 is 0.628 bits per heavy atom. The van der Waals surface area contributed by atoms with Crippen molar-refractivity contribution in [3.63, 3.8) is 0 Å². The van der Waals surface area contributed by atoms with Crippen molar-refractivity contribution >= 4 is 22.9 Å². The summed E-state index contributed by atoms with van der Waals surface area (Å²) in [7, 11) is 0. The number of hydrogen-bond acceptors (Lipinski definition) is 6. The Bertz CT molecular complexity index is 1250. The van der Waals surface area contributed by atoms with Gasteiger partial charge in [0.2, 0.25) is 0 Å². The molecule has 4 rings (SSSR count).